The Balaban J connectivity index is 1.94. The lowest BCUT2D eigenvalue weighted by Crippen LogP contribution is -2.09. The molecule has 0 bridgehead atoms. The first-order valence-corrected chi connectivity index (χ1v) is 5.67. The van der Waals surface area contributed by atoms with Crippen LogP contribution in [0.4, 0.5) is 0 Å². The number of rotatable bonds is 2. The zero-order valence-corrected chi connectivity index (χ0v) is 8.54. The first-order valence-electron chi connectivity index (χ1n) is 4.02. The Kier molecular flexibility index (Phi) is 2.63. The molecular formula is C7H11N3S2. The standard InChI is InChI=1S/C7H11N3S2/c1-5-9-7(12-10-5)11-6-2-3-8-4-6/h6,8H,2-4H2,1H3. The average molecular weight is 201 g/mol. The van der Waals surface area contributed by atoms with E-state index in [4.69, 9.17) is 0 Å². The summed E-state index contributed by atoms with van der Waals surface area (Å²) in [6.07, 6.45) is 1.25. The number of hydrogen-bond donors (Lipinski definition) is 1. The Bertz CT molecular complexity index is 255. The molecule has 1 N–H and O–H groups in total. The van der Waals surface area contributed by atoms with Gasteiger partial charge in [-0.3, -0.25) is 0 Å². The number of nitrogens with one attached hydrogen (secondary N) is 1. The van der Waals surface area contributed by atoms with Gasteiger partial charge in [-0.05, 0) is 31.4 Å². The molecule has 2 rings (SSSR count). The minimum absolute atomic E-state index is 0.706. The summed E-state index contributed by atoms with van der Waals surface area (Å²) < 4.78 is 5.26. The number of aromatic nitrogens is 2. The fourth-order valence-corrected chi connectivity index (χ4v) is 3.22. The minimum atomic E-state index is 0.706. The van der Waals surface area contributed by atoms with Crippen LogP contribution in [-0.4, -0.2) is 27.7 Å². The van der Waals surface area contributed by atoms with Crippen LogP contribution >= 0.6 is 23.3 Å². The zero-order valence-electron chi connectivity index (χ0n) is 6.91. The van der Waals surface area contributed by atoms with Crippen molar-refractivity contribution in [3.8, 4) is 0 Å². The molecule has 2 heterocycles. The van der Waals surface area contributed by atoms with Crippen molar-refractivity contribution in [1.82, 2.24) is 14.7 Å². The topological polar surface area (TPSA) is 37.8 Å². The molecule has 1 aromatic heterocycles. The van der Waals surface area contributed by atoms with Gasteiger partial charge < -0.3 is 5.32 Å². The molecular weight excluding hydrogens is 190 g/mol. The van der Waals surface area contributed by atoms with Crippen molar-refractivity contribution in [2.45, 2.75) is 22.9 Å². The van der Waals surface area contributed by atoms with E-state index in [0.29, 0.717) is 5.25 Å². The molecule has 66 valence electrons. The summed E-state index contributed by atoms with van der Waals surface area (Å²) in [6, 6.07) is 0. The lowest BCUT2D eigenvalue weighted by Gasteiger charge is -2.02. The molecule has 1 atom stereocenters. The Hall–Kier alpha value is -0.130. The maximum atomic E-state index is 4.32. The maximum absolute atomic E-state index is 4.32. The predicted octanol–water partition coefficient (Wildman–Crippen LogP) is 1.30. The van der Waals surface area contributed by atoms with Gasteiger partial charge in [-0.25, -0.2) is 4.98 Å². The van der Waals surface area contributed by atoms with Gasteiger partial charge in [-0.1, -0.05) is 11.8 Å². The van der Waals surface area contributed by atoms with Crippen LogP contribution in [0, 0.1) is 6.92 Å². The monoisotopic (exact) mass is 201 g/mol. The Morgan fingerprint density at radius 2 is 2.58 bits per heavy atom. The zero-order chi connectivity index (χ0) is 8.39. The molecule has 0 spiro atoms. The fraction of sp³-hybridized carbons (Fsp3) is 0.714. The van der Waals surface area contributed by atoms with Crippen LogP contribution < -0.4 is 5.32 Å². The van der Waals surface area contributed by atoms with E-state index in [1.807, 2.05) is 18.7 Å². The van der Waals surface area contributed by atoms with Crippen LogP contribution in [-0.2, 0) is 0 Å². The van der Waals surface area contributed by atoms with E-state index in [-0.39, 0.29) is 0 Å². The normalized spacial score (nSPS) is 23.2. The fourth-order valence-electron chi connectivity index (χ4n) is 1.20. The number of thioether (sulfide) groups is 1. The first kappa shape index (κ1) is 8.47. The van der Waals surface area contributed by atoms with Crippen LogP contribution in [0.3, 0.4) is 0 Å². The summed E-state index contributed by atoms with van der Waals surface area (Å²) in [5, 5.41) is 4.04. The van der Waals surface area contributed by atoms with E-state index in [1.54, 1.807) is 0 Å². The second-order valence-electron chi connectivity index (χ2n) is 2.84. The molecule has 1 fully saturated rings. The molecule has 1 aliphatic heterocycles. The number of hydrogen-bond acceptors (Lipinski definition) is 5. The second-order valence-corrected chi connectivity index (χ2v) is 5.14. The van der Waals surface area contributed by atoms with Gasteiger partial charge in [0.2, 0.25) is 0 Å². The van der Waals surface area contributed by atoms with E-state index in [9.17, 15) is 0 Å². The molecule has 1 unspecified atom stereocenters. The van der Waals surface area contributed by atoms with E-state index in [1.165, 1.54) is 18.0 Å². The van der Waals surface area contributed by atoms with Crippen molar-refractivity contribution in [2.24, 2.45) is 0 Å². The molecule has 12 heavy (non-hydrogen) atoms. The Labute approximate surface area is 80.1 Å². The summed E-state index contributed by atoms with van der Waals surface area (Å²) in [6.45, 7) is 4.20. The van der Waals surface area contributed by atoms with Gasteiger partial charge >= 0.3 is 0 Å². The van der Waals surface area contributed by atoms with Crippen molar-refractivity contribution >= 4 is 23.3 Å². The van der Waals surface area contributed by atoms with Gasteiger partial charge in [0.15, 0.2) is 4.34 Å². The minimum Gasteiger partial charge on any atom is -0.316 e. The number of aryl methyl sites for hydroxylation is 1. The average Bonchev–Trinajstić information content (AvgIpc) is 2.63. The highest BCUT2D eigenvalue weighted by molar-refractivity contribution is 8.01. The van der Waals surface area contributed by atoms with Gasteiger partial charge in [-0.2, -0.15) is 4.37 Å². The van der Waals surface area contributed by atoms with Crippen LogP contribution in [0.2, 0.25) is 0 Å². The molecule has 1 aromatic rings. The SMILES string of the molecule is Cc1nsc(SC2CCNC2)n1. The third kappa shape index (κ3) is 1.97. The lowest BCUT2D eigenvalue weighted by molar-refractivity contribution is 0.858. The van der Waals surface area contributed by atoms with Crippen LogP contribution in [0.1, 0.15) is 12.2 Å². The molecule has 1 saturated heterocycles. The molecule has 0 aromatic carbocycles. The largest absolute Gasteiger partial charge is 0.316 e. The van der Waals surface area contributed by atoms with Gasteiger partial charge in [-0.15, -0.1) is 0 Å². The molecule has 1 aliphatic rings. The molecule has 0 aliphatic carbocycles. The van der Waals surface area contributed by atoms with Crippen molar-refractivity contribution in [1.29, 1.82) is 0 Å². The highest BCUT2D eigenvalue weighted by Crippen LogP contribution is 2.27. The van der Waals surface area contributed by atoms with Gasteiger partial charge in [0.25, 0.3) is 0 Å². The van der Waals surface area contributed by atoms with E-state index >= 15 is 0 Å². The molecule has 0 saturated carbocycles. The predicted molar refractivity (Wildman–Crippen MR) is 51.8 cm³/mol. The molecule has 0 radical (unpaired) electrons. The van der Waals surface area contributed by atoms with Crippen molar-refractivity contribution in [3.05, 3.63) is 5.82 Å². The second kappa shape index (κ2) is 3.72. The highest BCUT2D eigenvalue weighted by Gasteiger charge is 2.17. The van der Waals surface area contributed by atoms with Crippen molar-refractivity contribution < 1.29 is 0 Å². The lowest BCUT2D eigenvalue weighted by atomic mass is 10.4. The third-order valence-corrected chi connectivity index (χ3v) is 3.94. The van der Waals surface area contributed by atoms with E-state index < -0.39 is 0 Å². The van der Waals surface area contributed by atoms with E-state index in [2.05, 4.69) is 14.7 Å². The summed E-state index contributed by atoms with van der Waals surface area (Å²) in [4.78, 5) is 4.32. The highest BCUT2D eigenvalue weighted by atomic mass is 32.2. The Morgan fingerprint density at radius 1 is 1.67 bits per heavy atom. The van der Waals surface area contributed by atoms with Gasteiger partial charge in [0.1, 0.15) is 5.82 Å². The third-order valence-electron chi connectivity index (χ3n) is 1.79. The van der Waals surface area contributed by atoms with Crippen LogP contribution in [0.15, 0.2) is 4.34 Å². The summed E-state index contributed by atoms with van der Waals surface area (Å²) in [5.74, 6) is 0.897. The van der Waals surface area contributed by atoms with Gasteiger partial charge in [0, 0.05) is 11.8 Å². The summed E-state index contributed by atoms with van der Waals surface area (Å²) in [5.41, 5.74) is 0. The van der Waals surface area contributed by atoms with Crippen LogP contribution in [0.5, 0.6) is 0 Å². The number of nitrogens with zero attached hydrogens (tertiary/aromatic N) is 2. The summed E-state index contributed by atoms with van der Waals surface area (Å²) >= 11 is 3.36. The summed E-state index contributed by atoms with van der Waals surface area (Å²) in [7, 11) is 0. The smallest absolute Gasteiger partial charge is 0.170 e. The van der Waals surface area contributed by atoms with Crippen molar-refractivity contribution in [3.63, 3.8) is 0 Å². The molecule has 5 heteroatoms. The van der Waals surface area contributed by atoms with Crippen LogP contribution in [0.25, 0.3) is 0 Å². The Morgan fingerprint density at radius 3 is 3.17 bits per heavy atom. The van der Waals surface area contributed by atoms with Gasteiger partial charge in [0.05, 0.1) is 0 Å². The van der Waals surface area contributed by atoms with E-state index in [0.717, 1.165) is 23.3 Å². The maximum Gasteiger partial charge on any atom is 0.170 e. The quantitative estimate of drug-likeness (QED) is 0.782. The first-order chi connectivity index (χ1) is 5.84. The van der Waals surface area contributed by atoms with Crippen molar-refractivity contribution in [2.75, 3.05) is 13.1 Å². The molecule has 0 amide bonds. The molecule has 3 nitrogen and oxygen atoms in total.